The molecule has 2 unspecified atom stereocenters. The molecule has 2 amide bonds. The van der Waals surface area contributed by atoms with Gasteiger partial charge in [-0.1, -0.05) is 6.07 Å². The van der Waals surface area contributed by atoms with Crippen molar-refractivity contribution in [1.82, 2.24) is 29.5 Å². The Labute approximate surface area is 156 Å². The molecule has 0 N–H and O–H groups in total. The summed E-state index contributed by atoms with van der Waals surface area (Å²) in [5, 5.41) is 7.54. The van der Waals surface area contributed by atoms with Crippen LogP contribution in [0, 0.1) is 5.92 Å². The summed E-state index contributed by atoms with van der Waals surface area (Å²) < 4.78 is 6.79. The molecule has 0 radical (unpaired) electrons. The van der Waals surface area contributed by atoms with Crippen molar-refractivity contribution in [2.75, 3.05) is 33.4 Å². The van der Waals surface area contributed by atoms with Crippen LogP contribution in [-0.2, 0) is 9.53 Å². The van der Waals surface area contributed by atoms with Gasteiger partial charge >= 0.3 is 0 Å². The van der Waals surface area contributed by atoms with Gasteiger partial charge in [-0.25, -0.2) is 4.98 Å². The molecule has 9 heteroatoms. The van der Waals surface area contributed by atoms with Gasteiger partial charge in [0.15, 0.2) is 0 Å². The molecule has 0 spiro atoms. The van der Waals surface area contributed by atoms with E-state index in [4.69, 9.17) is 4.74 Å². The van der Waals surface area contributed by atoms with Crippen LogP contribution in [0.4, 0.5) is 0 Å². The second-order valence-electron chi connectivity index (χ2n) is 6.91. The van der Waals surface area contributed by atoms with Gasteiger partial charge < -0.3 is 14.5 Å². The number of hydrogen-bond donors (Lipinski definition) is 0. The number of hydrogen-bond acceptors (Lipinski definition) is 6. The molecule has 142 valence electrons. The zero-order chi connectivity index (χ0) is 18.8. The molecule has 3 aliphatic rings. The van der Waals surface area contributed by atoms with Crippen molar-refractivity contribution in [2.45, 2.75) is 18.9 Å². The average Bonchev–Trinajstić information content (AvgIpc) is 3.10. The van der Waals surface area contributed by atoms with Crippen LogP contribution in [0.2, 0.25) is 0 Å². The van der Waals surface area contributed by atoms with Crippen molar-refractivity contribution in [3.05, 3.63) is 36.5 Å². The number of methoxy groups -OCH3 is 1. The molecule has 27 heavy (non-hydrogen) atoms. The quantitative estimate of drug-likeness (QED) is 0.755. The van der Waals surface area contributed by atoms with E-state index in [2.05, 4.69) is 15.2 Å². The number of piperidine rings is 1. The van der Waals surface area contributed by atoms with Crippen molar-refractivity contribution < 1.29 is 14.3 Å². The lowest BCUT2D eigenvalue weighted by molar-refractivity contribution is -0.140. The molecule has 2 aromatic rings. The van der Waals surface area contributed by atoms with Crippen molar-refractivity contribution in [3.8, 4) is 5.82 Å². The van der Waals surface area contributed by atoms with Crippen LogP contribution in [0.5, 0.6) is 0 Å². The van der Waals surface area contributed by atoms with Gasteiger partial charge in [0.2, 0.25) is 5.91 Å². The first-order valence-electron chi connectivity index (χ1n) is 9.08. The molecule has 2 bridgehead atoms. The van der Waals surface area contributed by atoms with E-state index in [0.29, 0.717) is 37.8 Å². The number of ether oxygens (including phenoxy) is 1. The van der Waals surface area contributed by atoms with Crippen molar-refractivity contribution >= 4 is 11.8 Å². The summed E-state index contributed by atoms with van der Waals surface area (Å²) >= 11 is 0. The fraction of sp³-hybridized carbons (Fsp3) is 0.500. The Morgan fingerprint density at radius 2 is 2.04 bits per heavy atom. The van der Waals surface area contributed by atoms with Crippen LogP contribution in [-0.4, -0.2) is 80.8 Å². The second kappa shape index (κ2) is 7.43. The van der Waals surface area contributed by atoms with Gasteiger partial charge in [0.1, 0.15) is 24.2 Å². The lowest BCUT2D eigenvalue weighted by Crippen LogP contribution is -2.49. The molecular weight excluding hydrogens is 348 g/mol. The summed E-state index contributed by atoms with van der Waals surface area (Å²) in [5.41, 5.74) is 0.360. The molecule has 3 aliphatic heterocycles. The molecule has 0 aromatic carbocycles. The van der Waals surface area contributed by atoms with Crippen molar-refractivity contribution in [3.63, 3.8) is 0 Å². The molecule has 0 saturated carbocycles. The Bertz CT molecular complexity index is 824. The summed E-state index contributed by atoms with van der Waals surface area (Å²) in [5.74, 6) is 0.417. The maximum Gasteiger partial charge on any atom is 0.272 e. The predicted molar refractivity (Wildman–Crippen MR) is 95.2 cm³/mol. The van der Waals surface area contributed by atoms with E-state index < -0.39 is 0 Å². The normalized spacial score (nSPS) is 22.2. The van der Waals surface area contributed by atoms with E-state index in [0.717, 1.165) is 12.8 Å². The van der Waals surface area contributed by atoms with E-state index in [1.54, 1.807) is 34.8 Å². The lowest BCUT2D eigenvalue weighted by atomic mass is 9.94. The Balaban J connectivity index is 1.55. The van der Waals surface area contributed by atoms with Crippen LogP contribution in [0.3, 0.4) is 0 Å². The van der Waals surface area contributed by atoms with E-state index in [1.165, 1.54) is 12.7 Å². The first-order valence-corrected chi connectivity index (χ1v) is 9.08. The smallest absolute Gasteiger partial charge is 0.272 e. The maximum atomic E-state index is 13.1. The monoisotopic (exact) mass is 370 g/mol. The maximum absolute atomic E-state index is 13.1. The standard InChI is InChI=1S/C18H22N6O3/c1-27-8-7-24-14-6-5-13(17(24)25)9-22(10-14)18(26)15-3-2-4-16(21-15)23-11-19-20-12-23/h2-4,11-14H,5-10H2,1H3. The number of carbonyl (C=O) groups is 2. The number of carbonyl (C=O) groups excluding carboxylic acids is 2. The molecule has 3 fully saturated rings. The molecule has 5 rings (SSSR count). The van der Waals surface area contributed by atoms with Gasteiger partial charge in [0, 0.05) is 32.8 Å². The summed E-state index contributed by atoms with van der Waals surface area (Å²) in [6.45, 7) is 2.05. The third-order valence-corrected chi connectivity index (χ3v) is 5.25. The van der Waals surface area contributed by atoms with Gasteiger partial charge in [0.05, 0.1) is 12.5 Å². The van der Waals surface area contributed by atoms with Crippen molar-refractivity contribution in [2.24, 2.45) is 5.92 Å². The number of nitrogens with zero attached hydrogens (tertiary/aromatic N) is 6. The molecule has 5 heterocycles. The fourth-order valence-electron chi connectivity index (χ4n) is 3.86. The average molecular weight is 370 g/mol. The Kier molecular flexibility index (Phi) is 4.85. The molecule has 2 aromatic heterocycles. The topological polar surface area (TPSA) is 93.5 Å². The first-order chi connectivity index (χ1) is 13.2. The Hall–Kier alpha value is -2.81. The SMILES string of the molecule is COCCN1C(=O)C2CCC1CN(C(=O)c1cccc(-n3cnnc3)n1)C2. The van der Waals surface area contributed by atoms with E-state index in [1.807, 2.05) is 4.90 Å². The third kappa shape index (κ3) is 3.42. The largest absolute Gasteiger partial charge is 0.383 e. The molecule has 0 aliphatic carbocycles. The van der Waals surface area contributed by atoms with Crippen LogP contribution in [0.25, 0.3) is 5.82 Å². The van der Waals surface area contributed by atoms with Gasteiger partial charge in [-0.15, -0.1) is 10.2 Å². The summed E-state index contributed by atoms with van der Waals surface area (Å²) in [7, 11) is 1.63. The highest BCUT2D eigenvalue weighted by molar-refractivity contribution is 5.93. The Morgan fingerprint density at radius 3 is 2.81 bits per heavy atom. The highest BCUT2D eigenvalue weighted by Gasteiger charge is 2.41. The third-order valence-electron chi connectivity index (χ3n) is 5.25. The van der Waals surface area contributed by atoms with E-state index >= 15 is 0 Å². The van der Waals surface area contributed by atoms with Crippen LogP contribution < -0.4 is 0 Å². The van der Waals surface area contributed by atoms with E-state index in [9.17, 15) is 9.59 Å². The van der Waals surface area contributed by atoms with Gasteiger partial charge in [-0.3, -0.25) is 14.2 Å². The minimum absolute atomic E-state index is 0.0383. The lowest BCUT2D eigenvalue weighted by Gasteiger charge is -2.35. The zero-order valence-electron chi connectivity index (χ0n) is 15.2. The molecule has 3 saturated heterocycles. The van der Waals surface area contributed by atoms with Gasteiger partial charge in [-0.05, 0) is 25.0 Å². The van der Waals surface area contributed by atoms with Crippen molar-refractivity contribution in [1.29, 1.82) is 0 Å². The summed E-state index contributed by atoms with van der Waals surface area (Å²) in [4.78, 5) is 33.9. The minimum atomic E-state index is -0.150. The zero-order valence-corrected chi connectivity index (χ0v) is 15.2. The molecular formula is C18H22N6O3. The van der Waals surface area contributed by atoms with Crippen LogP contribution in [0.15, 0.2) is 30.9 Å². The summed E-state index contributed by atoms with van der Waals surface area (Å²) in [6.07, 6.45) is 4.81. The fourth-order valence-corrected chi connectivity index (χ4v) is 3.86. The Morgan fingerprint density at radius 1 is 1.22 bits per heavy atom. The molecule has 2 atom stereocenters. The highest BCUT2D eigenvalue weighted by Crippen LogP contribution is 2.29. The van der Waals surface area contributed by atoms with Gasteiger partial charge in [0.25, 0.3) is 5.91 Å². The predicted octanol–water partition coefficient (Wildman–Crippen LogP) is 0.372. The minimum Gasteiger partial charge on any atom is -0.383 e. The first kappa shape index (κ1) is 17.6. The second-order valence-corrected chi connectivity index (χ2v) is 6.91. The van der Waals surface area contributed by atoms with Crippen LogP contribution >= 0.6 is 0 Å². The van der Waals surface area contributed by atoms with Gasteiger partial charge in [-0.2, -0.15) is 0 Å². The summed E-state index contributed by atoms with van der Waals surface area (Å²) in [6, 6.07) is 5.32. The number of rotatable bonds is 5. The van der Waals surface area contributed by atoms with E-state index in [-0.39, 0.29) is 23.8 Å². The highest BCUT2D eigenvalue weighted by atomic mass is 16.5. The molecule has 9 nitrogen and oxygen atoms in total. The number of pyridine rings is 1. The number of amides is 2. The number of aromatic nitrogens is 4. The van der Waals surface area contributed by atoms with Crippen LogP contribution in [0.1, 0.15) is 23.3 Å². The number of fused-ring (bicyclic) bond motifs is 4.